The molecular formula is C19H21NO. The van der Waals surface area contributed by atoms with E-state index >= 15 is 0 Å². The van der Waals surface area contributed by atoms with E-state index < -0.39 is 0 Å². The highest BCUT2D eigenvalue weighted by Gasteiger charge is 2.24. The van der Waals surface area contributed by atoms with E-state index in [0.29, 0.717) is 5.78 Å². The molecule has 0 amide bonds. The SMILES string of the molecule is CN1CCC[C@H](C(=O)c2ccc(-c3ccccc3)cc2)C1. The first kappa shape index (κ1) is 14.0. The van der Waals surface area contributed by atoms with E-state index in [1.54, 1.807) is 0 Å². The summed E-state index contributed by atoms with van der Waals surface area (Å²) in [5.41, 5.74) is 3.19. The number of Topliss-reactive ketones (excluding diaryl/α,β-unsaturated/α-hetero) is 1. The van der Waals surface area contributed by atoms with E-state index in [2.05, 4.69) is 36.2 Å². The highest BCUT2D eigenvalue weighted by molar-refractivity contribution is 5.98. The van der Waals surface area contributed by atoms with Gasteiger partial charge < -0.3 is 4.90 Å². The zero-order chi connectivity index (χ0) is 14.7. The van der Waals surface area contributed by atoms with Gasteiger partial charge in [-0.15, -0.1) is 0 Å². The summed E-state index contributed by atoms with van der Waals surface area (Å²) < 4.78 is 0. The first-order valence-electron chi connectivity index (χ1n) is 7.62. The third-order valence-corrected chi connectivity index (χ3v) is 4.27. The Hall–Kier alpha value is -1.93. The van der Waals surface area contributed by atoms with Crippen LogP contribution in [0.2, 0.25) is 0 Å². The molecule has 2 aromatic carbocycles. The van der Waals surface area contributed by atoms with Crippen LogP contribution in [0.3, 0.4) is 0 Å². The molecule has 1 atom stereocenters. The minimum Gasteiger partial charge on any atom is -0.306 e. The summed E-state index contributed by atoms with van der Waals surface area (Å²) in [6.07, 6.45) is 2.14. The Morgan fingerprint density at radius 3 is 2.33 bits per heavy atom. The number of rotatable bonds is 3. The molecule has 0 saturated carbocycles. The number of hydrogen-bond donors (Lipinski definition) is 0. The third-order valence-electron chi connectivity index (χ3n) is 4.27. The highest BCUT2D eigenvalue weighted by atomic mass is 16.1. The summed E-state index contributed by atoms with van der Waals surface area (Å²) in [4.78, 5) is 14.8. The molecule has 0 N–H and O–H groups in total. The number of hydrogen-bond acceptors (Lipinski definition) is 2. The summed E-state index contributed by atoms with van der Waals surface area (Å²) in [5, 5.41) is 0. The maximum Gasteiger partial charge on any atom is 0.167 e. The molecule has 1 aliphatic heterocycles. The predicted molar refractivity (Wildman–Crippen MR) is 86.4 cm³/mol. The standard InChI is InChI=1S/C19H21NO/c1-20-13-5-8-18(14-20)19(21)17-11-9-16(10-12-17)15-6-3-2-4-7-15/h2-4,6-7,9-12,18H,5,8,13-14H2,1H3/t18-/m0/s1. The molecule has 1 fully saturated rings. The topological polar surface area (TPSA) is 20.3 Å². The quantitative estimate of drug-likeness (QED) is 0.795. The van der Waals surface area contributed by atoms with Crippen molar-refractivity contribution in [3.63, 3.8) is 0 Å². The lowest BCUT2D eigenvalue weighted by atomic mass is 9.89. The molecule has 0 spiro atoms. The summed E-state index contributed by atoms with van der Waals surface area (Å²) in [6.45, 7) is 2.00. The number of ketones is 1. The smallest absolute Gasteiger partial charge is 0.167 e. The van der Waals surface area contributed by atoms with Crippen LogP contribution in [-0.4, -0.2) is 30.8 Å². The molecule has 3 rings (SSSR count). The number of benzene rings is 2. The Bertz CT molecular complexity index is 603. The van der Waals surface area contributed by atoms with Crippen molar-refractivity contribution in [1.29, 1.82) is 0 Å². The normalized spacial score (nSPS) is 19.4. The Kier molecular flexibility index (Phi) is 4.16. The number of likely N-dealkylation sites (tertiary alicyclic amines) is 1. The van der Waals surface area contributed by atoms with Gasteiger partial charge in [-0.2, -0.15) is 0 Å². The van der Waals surface area contributed by atoms with Gasteiger partial charge in [-0.1, -0.05) is 54.6 Å². The van der Waals surface area contributed by atoms with Crippen molar-refractivity contribution in [3.05, 3.63) is 60.2 Å². The molecule has 108 valence electrons. The van der Waals surface area contributed by atoms with E-state index in [0.717, 1.165) is 37.1 Å². The first-order valence-corrected chi connectivity index (χ1v) is 7.62. The van der Waals surface area contributed by atoms with Crippen LogP contribution in [0.1, 0.15) is 23.2 Å². The second-order valence-electron chi connectivity index (χ2n) is 5.91. The molecule has 0 aromatic heterocycles. The van der Waals surface area contributed by atoms with Crippen molar-refractivity contribution in [2.75, 3.05) is 20.1 Å². The number of carbonyl (C=O) groups is 1. The molecule has 2 aromatic rings. The molecule has 2 heteroatoms. The fourth-order valence-corrected chi connectivity index (χ4v) is 3.07. The van der Waals surface area contributed by atoms with E-state index in [-0.39, 0.29) is 5.92 Å². The van der Waals surface area contributed by atoms with Crippen LogP contribution in [-0.2, 0) is 0 Å². The fourth-order valence-electron chi connectivity index (χ4n) is 3.07. The van der Waals surface area contributed by atoms with Gasteiger partial charge in [0, 0.05) is 18.0 Å². The van der Waals surface area contributed by atoms with Gasteiger partial charge in [0.05, 0.1) is 0 Å². The van der Waals surface area contributed by atoms with Crippen LogP contribution >= 0.6 is 0 Å². The van der Waals surface area contributed by atoms with Gasteiger partial charge in [0.1, 0.15) is 0 Å². The molecule has 21 heavy (non-hydrogen) atoms. The number of piperidine rings is 1. The van der Waals surface area contributed by atoms with Crippen molar-refractivity contribution in [1.82, 2.24) is 4.90 Å². The van der Waals surface area contributed by atoms with Crippen molar-refractivity contribution < 1.29 is 4.79 Å². The molecule has 0 unspecified atom stereocenters. The van der Waals surface area contributed by atoms with Crippen molar-refractivity contribution >= 4 is 5.78 Å². The Morgan fingerprint density at radius 2 is 1.67 bits per heavy atom. The van der Waals surface area contributed by atoms with Crippen molar-refractivity contribution in [2.24, 2.45) is 5.92 Å². The van der Waals surface area contributed by atoms with E-state index in [9.17, 15) is 4.79 Å². The van der Waals surface area contributed by atoms with Crippen LogP contribution in [0.25, 0.3) is 11.1 Å². The van der Waals surface area contributed by atoms with Gasteiger partial charge >= 0.3 is 0 Å². The maximum absolute atomic E-state index is 12.6. The van der Waals surface area contributed by atoms with Gasteiger partial charge in [0.15, 0.2) is 5.78 Å². The first-order chi connectivity index (χ1) is 10.2. The summed E-state index contributed by atoms with van der Waals surface area (Å²) in [5.74, 6) is 0.451. The molecule has 0 aliphatic carbocycles. The predicted octanol–water partition coefficient (Wildman–Crippen LogP) is 3.88. The minimum absolute atomic E-state index is 0.159. The van der Waals surface area contributed by atoms with Crippen molar-refractivity contribution in [2.45, 2.75) is 12.8 Å². The van der Waals surface area contributed by atoms with Gasteiger partial charge in [0.25, 0.3) is 0 Å². The Morgan fingerprint density at radius 1 is 1.00 bits per heavy atom. The van der Waals surface area contributed by atoms with Crippen LogP contribution in [0.4, 0.5) is 0 Å². The van der Waals surface area contributed by atoms with Gasteiger partial charge in [-0.3, -0.25) is 4.79 Å². The largest absolute Gasteiger partial charge is 0.306 e. The average Bonchev–Trinajstić information content (AvgIpc) is 2.55. The summed E-state index contributed by atoms with van der Waals surface area (Å²) >= 11 is 0. The highest BCUT2D eigenvalue weighted by Crippen LogP contribution is 2.23. The third kappa shape index (κ3) is 3.22. The van der Waals surface area contributed by atoms with E-state index in [1.165, 1.54) is 5.56 Å². The minimum atomic E-state index is 0.159. The van der Waals surface area contributed by atoms with E-state index in [4.69, 9.17) is 0 Å². The molecule has 2 nitrogen and oxygen atoms in total. The lowest BCUT2D eigenvalue weighted by molar-refractivity contribution is 0.0843. The zero-order valence-corrected chi connectivity index (χ0v) is 12.5. The molecular weight excluding hydrogens is 258 g/mol. The van der Waals surface area contributed by atoms with Gasteiger partial charge in [-0.25, -0.2) is 0 Å². The van der Waals surface area contributed by atoms with Gasteiger partial charge in [-0.05, 0) is 37.6 Å². The molecule has 1 heterocycles. The maximum atomic E-state index is 12.6. The summed E-state index contributed by atoms with van der Waals surface area (Å²) in [6, 6.07) is 18.3. The molecule has 0 bridgehead atoms. The second kappa shape index (κ2) is 6.23. The lowest BCUT2D eigenvalue weighted by Crippen LogP contribution is -2.36. The number of carbonyl (C=O) groups excluding carboxylic acids is 1. The zero-order valence-electron chi connectivity index (χ0n) is 12.5. The number of nitrogens with zero attached hydrogens (tertiary/aromatic N) is 1. The van der Waals surface area contributed by atoms with Crippen LogP contribution in [0.5, 0.6) is 0 Å². The van der Waals surface area contributed by atoms with E-state index in [1.807, 2.05) is 30.3 Å². The molecule has 1 saturated heterocycles. The monoisotopic (exact) mass is 279 g/mol. The Balaban J connectivity index is 1.76. The lowest BCUT2D eigenvalue weighted by Gasteiger charge is -2.28. The van der Waals surface area contributed by atoms with Crippen molar-refractivity contribution in [3.8, 4) is 11.1 Å². The van der Waals surface area contributed by atoms with Crippen LogP contribution in [0.15, 0.2) is 54.6 Å². The second-order valence-corrected chi connectivity index (χ2v) is 5.91. The molecule has 1 aliphatic rings. The molecule has 0 radical (unpaired) electrons. The van der Waals surface area contributed by atoms with Gasteiger partial charge in [0.2, 0.25) is 0 Å². The fraction of sp³-hybridized carbons (Fsp3) is 0.316. The summed E-state index contributed by atoms with van der Waals surface area (Å²) in [7, 11) is 2.10. The average molecular weight is 279 g/mol. The van der Waals surface area contributed by atoms with Crippen LogP contribution < -0.4 is 0 Å². The Labute approximate surface area is 126 Å². The van der Waals surface area contributed by atoms with Crippen LogP contribution in [0, 0.1) is 5.92 Å².